The van der Waals surface area contributed by atoms with Crippen LogP contribution >= 0.6 is 0 Å². The number of nitrogens with two attached hydrogens (primary N) is 1. The number of carbonyl (C=O) groups excluding carboxylic acids is 1. The van der Waals surface area contributed by atoms with E-state index in [2.05, 4.69) is 5.32 Å². The van der Waals surface area contributed by atoms with Crippen LogP contribution in [0, 0.1) is 0 Å². The van der Waals surface area contributed by atoms with Crippen molar-refractivity contribution in [3.8, 4) is 0 Å². The molecule has 0 atom stereocenters. The van der Waals surface area contributed by atoms with E-state index in [1.54, 1.807) is 0 Å². The highest BCUT2D eigenvalue weighted by atomic mass is 19.4. The van der Waals surface area contributed by atoms with Crippen molar-refractivity contribution < 1.29 is 18.0 Å². The van der Waals surface area contributed by atoms with E-state index < -0.39 is 18.6 Å². The number of hydrogen-bond acceptors (Lipinski definition) is 1. The molecule has 0 heterocycles. The van der Waals surface area contributed by atoms with Gasteiger partial charge in [-0.15, -0.1) is 0 Å². The van der Waals surface area contributed by atoms with E-state index in [-0.39, 0.29) is 11.3 Å². The molecule has 6 heteroatoms. The van der Waals surface area contributed by atoms with Gasteiger partial charge < -0.3 is 11.1 Å². The molecule has 0 saturated carbocycles. The van der Waals surface area contributed by atoms with E-state index in [0.29, 0.717) is 0 Å². The SMILES string of the molecule is NC(=O)Nc1cccc(CC(F)(F)F)c1. The lowest BCUT2D eigenvalue weighted by Crippen LogP contribution is -2.19. The number of halogens is 3. The second-order valence-electron chi connectivity index (χ2n) is 2.98. The number of carbonyl (C=O) groups is 1. The lowest BCUT2D eigenvalue weighted by Gasteiger charge is -2.08. The smallest absolute Gasteiger partial charge is 0.351 e. The highest BCUT2D eigenvalue weighted by Gasteiger charge is 2.27. The summed E-state index contributed by atoms with van der Waals surface area (Å²) in [5, 5.41) is 2.20. The van der Waals surface area contributed by atoms with E-state index in [1.165, 1.54) is 24.3 Å². The van der Waals surface area contributed by atoms with E-state index in [1.807, 2.05) is 0 Å². The van der Waals surface area contributed by atoms with Crippen molar-refractivity contribution in [3.05, 3.63) is 29.8 Å². The summed E-state index contributed by atoms with van der Waals surface area (Å²) in [4.78, 5) is 10.5. The summed E-state index contributed by atoms with van der Waals surface area (Å²) in [5.74, 6) is 0. The first-order valence-corrected chi connectivity index (χ1v) is 4.09. The van der Waals surface area contributed by atoms with E-state index >= 15 is 0 Å². The van der Waals surface area contributed by atoms with Gasteiger partial charge in [-0.3, -0.25) is 0 Å². The van der Waals surface area contributed by atoms with Gasteiger partial charge in [0.1, 0.15) is 0 Å². The third-order valence-corrected chi connectivity index (χ3v) is 1.60. The largest absolute Gasteiger partial charge is 0.393 e. The zero-order chi connectivity index (χ0) is 11.5. The number of anilines is 1. The summed E-state index contributed by atoms with van der Waals surface area (Å²) in [5.41, 5.74) is 5.16. The molecule has 3 nitrogen and oxygen atoms in total. The minimum Gasteiger partial charge on any atom is -0.351 e. The molecule has 0 aromatic heterocycles. The van der Waals surface area contributed by atoms with Crippen LogP contribution < -0.4 is 11.1 Å². The Morgan fingerprint density at radius 3 is 2.60 bits per heavy atom. The number of urea groups is 1. The van der Waals surface area contributed by atoms with Gasteiger partial charge >= 0.3 is 12.2 Å². The Labute approximate surface area is 84.1 Å². The normalized spacial score (nSPS) is 11.1. The summed E-state index contributed by atoms with van der Waals surface area (Å²) in [6, 6.07) is 4.65. The van der Waals surface area contributed by atoms with Gasteiger partial charge in [0.05, 0.1) is 6.42 Å². The van der Waals surface area contributed by atoms with Crippen molar-refractivity contribution in [1.29, 1.82) is 0 Å². The number of alkyl halides is 3. The molecule has 0 spiro atoms. The zero-order valence-electron chi connectivity index (χ0n) is 7.64. The molecule has 0 unspecified atom stereocenters. The average molecular weight is 218 g/mol. The second kappa shape index (κ2) is 4.20. The van der Waals surface area contributed by atoms with Gasteiger partial charge in [-0.1, -0.05) is 12.1 Å². The van der Waals surface area contributed by atoms with Gasteiger partial charge in [0.2, 0.25) is 0 Å². The van der Waals surface area contributed by atoms with Crippen molar-refractivity contribution in [2.24, 2.45) is 5.73 Å². The van der Waals surface area contributed by atoms with Crippen molar-refractivity contribution in [1.82, 2.24) is 0 Å². The molecule has 0 saturated heterocycles. The van der Waals surface area contributed by atoms with Gasteiger partial charge in [-0.25, -0.2) is 4.79 Å². The van der Waals surface area contributed by atoms with Crippen LogP contribution in [0.1, 0.15) is 5.56 Å². The predicted molar refractivity (Wildman–Crippen MR) is 49.4 cm³/mol. The third-order valence-electron chi connectivity index (χ3n) is 1.60. The molecule has 82 valence electrons. The highest BCUT2D eigenvalue weighted by Crippen LogP contribution is 2.22. The Balaban J connectivity index is 2.79. The van der Waals surface area contributed by atoms with Crippen molar-refractivity contribution in [3.63, 3.8) is 0 Å². The minimum atomic E-state index is -4.26. The fourth-order valence-corrected chi connectivity index (χ4v) is 1.13. The van der Waals surface area contributed by atoms with Crippen LogP contribution in [0.25, 0.3) is 0 Å². The monoisotopic (exact) mass is 218 g/mol. The molecule has 1 rings (SSSR count). The highest BCUT2D eigenvalue weighted by molar-refractivity contribution is 5.87. The fourth-order valence-electron chi connectivity index (χ4n) is 1.13. The number of rotatable bonds is 2. The van der Waals surface area contributed by atoms with Gasteiger partial charge in [0.15, 0.2) is 0 Å². The molecular weight excluding hydrogens is 209 g/mol. The number of primary amides is 1. The molecule has 15 heavy (non-hydrogen) atoms. The Hall–Kier alpha value is -1.72. The summed E-state index contributed by atoms with van der Waals surface area (Å²) >= 11 is 0. The molecule has 0 aliphatic carbocycles. The molecule has 0 bridgehead atoms. The summed E-state index contributed by atoms with van der Waals surface area (Å²) < 4.78 is 36.1. The van der Waals surface area contributed by atoms with E-state index in [4.69, 9.17) is 5.73 Å². The third kappa shape index (κ3) is 4.35. The second-order valence-corrected chi connectivity index (χ2v) is 2.98. The molecule has 1 aromatic carbocycles. The number of nitrogens with one attached hydrogen (secondary N) is 1. The maximum atomic E-state index is 12.0. The molecule has 0 radical (unpaired) electrons. The van der Waals surface area contributed by atoms with Crippen molar-refractivity contribution in [2.75, 3.05) is 5.32 Å². The zero-order valence-corrected chi connectivity index (χ0v) is 7.64. The summed E-state index contributed by atoms with van der Waals surface area (Å²) in [6.45, 7) is 0. The van der Waals surface area contributed by atoms with Gasteiger partial charge in [-0.05, 0) is 17.7 Å². The van der Waals surface area contributed by atoms with E-state index in [9.17, 15) is 18.0 Å². The molecule has 1 aromatic rings. The number of benzene rings is 1. The maximum Gasteiger partial charge on any atom is 0.393 e. The van der Waals surface area contributed by atoms with Crippen LogP contribution in [-0.2, 0) is 6.42 Å². The molecule has 3 N–H and O–H groups in total. The van der Waals surface area contributed by atoms with Crippen LogP contribution in [0.4, 0.5) is 23.7 Å². The molecule has 0 aliphatic rings. The van der Waals surface area contributed by atoms with Crippen LogP contribution in [0.3, 0.4) is 0 Å². The lowest BCUT2D eigenvalue weighted by atomic mass is 10.1. The average Bonchev–Trinajstić information content (AvgIpc) is 1.99. The number of hydrogen-bond donors (Lipinski definition) is 2. The predicted octanol–water partition coefficient (Wildman–Crippen LogP) is 2.28. The molecule has 0 fully saturated rings. The molecular formula is C9H9F3N2O. The molecule has 0 aliphatic heterocycles. The Morgan fingerprint density at radius 1 is 1.40 bits per heavy atom. The van der Waals surface area contributed by atoms with E-state index in [0.717, 1.165) is 0 Å². The quantitative estimate of drug-likeness (QED) is 0.786. The summed E-state index contributed by atoms with van der Waals surface area (Å²) in [6.07, 6.45) is -5.29. The maximum absolute atomic E-state index is 12.0. The Bertz CT molecular complexity index is 363. The first-order chi connectivity index (χ1) is 6.87. The lowest BCUT2D eigenvalue weighted by molar-refractivity contribution is -0.127. The fraction of sp³-hybridized carbons (Fsp3) is 0.222. The topological polar surface area (TPSA) is 55.1 Å². The molecule has 2 amide bonds. The van der Waals surface area contributed by atoms with Crippen LogP contribution in [0.15, 0.2) is 24.3 Å². The Morgan fingerprint density at radius 2 is 2.07 bits per heavy atom. The van der Waals surface area contributed by atoms with Crippen LogP contribution in [0.2, 0.25) is 0 Å². The van der Waals surface area contributed by atoms with Crippen LogP contribution in [-0.4, -0.2) is 12.2 Å². The van der Waals surface area contributed by atoms with Gasteiger partial charge in [-0.2, -0.15) is 13.2 Å². The standard InChI is InChI=1S/C9H9F3N2O/c10-9(11,12)5-6-2-1-3-7(4-6)14-8(13)15/h1-4H,5H2,(H3,13,14,15). The Kier molecular flexibility index (Phi) is 3.18. The van der Waals surface area contributed by atoms with Gasteiger partial charge in [0, 0.05) is 5.69 Å². The van der Waals surface area contributed by atoms with Crippen LogP contribution in [0.5, 0.6) is 0 Å². The first kappa shape index (κ1) is 11.4. The number of amides is 2. The van der Waals surface area contributed by atoms with Gasteiger partial charge in [0.25, 0.3) is 0 Å². The minimum absolute atomic E-state index is 0.0775. The van der Waals surface area contributed by atoms with Crippen molar-refractivity contribution >= 4 is 11.7 Å². The summed E-state index contributed by atoms with van der Waals surface area (Å²) in [7, 11) is 0. The first-order valence-electron chi connectivity index (χ1n) is 4.09. The van der Waals surface area contributed by atoms with Crippen molar-refractivity contribution in [2.45, 2.75) is 12.6 Å².